The van der Waals surface area contributed by atoms with E-state index in [1.807, 2.05) is 12.1 Å². The van der Waals surface area contributed by atoms with Gasteiger partial charge in [-0.1, -0.05) is 46.6 Å². The van der Waals surface area contributed by atoms with E-state index in [0.29, 0.717) is 27.4 Å². The Bertz CT molecular complexity index is 1020. The van der Waals surface area contributed by atoms with Crippen LogP contribution in [0.15, 0.2) is 76.1 Å². The number of anilines is 1. The van der Waals surface area contributed by atoms with Crippen molar-refractivity contribution in [1.82, 2.24) is 0 Å². The zero-order valence-electron chi connectivity index (χ0n) is 15.0. The third-order valence-corrected chi connectivity index (χ3v) is 5.74. The Labute approximate surface area is 181 Å². The van der Waals surface area contributed by atoms with E-state index in [2.05, 4.69) is 28.2 Å². The van der Waals surface area contributed by atoms with Crippen LogP contribution in [0.5, 0.6) is 0 Å². The first kappa shape index (κ1) is 20.6. The Morgan fingerprint density at radius 2 is 1.71 bits per heavy atom. The number of thioether (sulfide) groups is 1. The largest absolute Gasteiger partial charge is 0.321 e. The number of carbonyl (C=O) groups excluding carboxylic acids is 2. The molecule has 3 nitrogen and oxygen atoms in total. The summed E-state index contributed by atoms with van der Waals surface area (Å²) in [5.74, 6) is 0.443. The number of amides is 1. The molecule has 1 N–H and O–H groups in total. The summed E-state index contributed by atoms with van der Waals surface area (Å²) in [6.07, 6.45) is 0. The number of hydrogen-bond donors (Lipinski definition) is 1. The van der Waals surface area contributed by atoms with Gasteiger partial charge in [-0.3, -0.25) is 9.59 Å². The topological polar surface area (TPSA) is 46.2 Å². The van der Waals surface area contributed by atoms with E-state index in [1.54, 1.807) is 66.4 Å². The van der Waals surface area contributed by atoms with Crippen molar-refractivity contribution in [3.63, 3.8) is 0 Å². The second-order valence-corrected chi connectivity index (χ2v) is 8.57. The highest BCUT2D eigenvalue weighted by Crippen LogP contribution is 2.27. The van der Waals surface area contributed by atoms with Gasteiger partial charge in [0, 0.05) is 26.1 Å². The van der Waals surface area contributed by atoms with Gasteiger partial charge in [-0.05, 0) is 60.4 Å². The molecule has 0 saturated carbocycles. The molecule has 3 aromatic rings. The molecule has 0 saturated heterocycles. The van der Waals surface area contributed by atoms with E-state index < -0.39 is 0 Å². The van der Waals surface area contributed by atoms with Crippen molar-refractivity contribution in [1.29, 1.82) is 0 Å². The second kappa shape index (κ2) is 9.41. The normalized spacial score (nSPS) is 10.5. The fraction of sp³-hybridized carbons (Fsp3) is 0.0909. The van der Waals surface area contributed by atoms with Crippen LogP contribution in [-0.4, -0.2) is 17.4 Å². The number of nitrogens with one attached hydrogen (secondary N) is 1. The average molecular weight is 475 g/mol. The van der Waals surface area contributed by atoms with Crippen LogP contribution in [0.25, 0.3) is 0 Å². The molecule has 0 atom stereocenters. The van der Waals surface area contributed by atoms with Crippen LogP contribution < -0.4 is 5.32 Å². The number of hydrogen-bond acceptors (Lipinski definition) is 3. The maximum atomic E-state index is 13.0. The third kappa shape index (κ3) is 4.85. The van der Waals surface area contributed by atoms with Crippen molar-refractivity contribution in [3.8, 4) is 0 Å². The molecule has 142 valence electrons. The molecule has 0 aromatic heterocycles. The first-order valence-corrected chi connectivity index (χ1v) is 10.8. The summed E-state index contributed by atoms with van der Waals surface area (Å²) in [4.78, 5) is 26.8. The number of benzene rings is 3. The standard InChI is InChI=1S/C22H17BrClNO2S/c1-2-28-16-10-7-14(8-11-16)22(27)25-20-12-9-15(23)13-18(20)21(26)17-5-3-4-6-19(17)24/h3-13H,2H2,1H3,(H,25,27). The lowest BCUT2D eigenvalue weighted by Gasteiger charge is -2.12. The van der Waals surface area contributed by atoms with Crippen molar-refractivity contribution >= 4 is 56.7 Å². The van der Waals surface area contributed by atoms with E-state index >= 15 is 0 Å². The van der Waals surface area contributed by atoms with Crippen LogP contribution in [0.2, 0.25) is 5.02 Å². The van der Waals surface area contributed by atoms with Gasteiger partial charge < -0.3 is 5.32 Å². The number of carbonyl (C=O) groups is 2. The Balaban J connectivity index is 1.89. The average Bonchev–Trinajstić information content (AvgIpc) is 2.70. The Morgan fingerprint density at radius 1 is 1.00 bits per heavy atom. The molecule has 1 amide bonds. The lowest BCUT2D eigenvalue weighted by molar-refractivity contribution is 0.102. The number of halogens is 2. The zero-order valence-corrected chi connectivity index (χ0v) is 18.2. The Kier molecular flexibility index (Phi) is 6.94. The van der Waals surface area contributed by atoms with Crippen molar-refractivity contribution < 1.29 is 9.59 Å². The molecule has 0 aliphatic heterocycles. The fourth-order valence-corrected chi connectivity index (χ4v) is 3.91. The molecule has 28 heavy (non-hydrogen) atoms. The van der Waals surface area contributed by atoms with Gasteiger partial charge in [-0.25, -0.2) is 0 Å². The van der Waals surface area contributed by atoms with Gasteiger partial charge in [-0.2, -0.15) is 0 Å². The molecule has 3 rings (SSSR count). The van der Waals surface area contributed by atoms with Crippen LogP contribution in [0, 0.1) is 0 Å². The minimum atomic E-state index is -0.274. The SMILES string of the molecule is CCSc1ccc(C(=O)Nc2ccc(Br)cc2C(=O)c2ccccc2Cl)cc1. The van der Waals surface area contributed by atoms with Crippen LogP contribution >= 0.6 is 39.3 Å². The zero-order chi connectivity index (χ0) is 20.1. The second-order valence-electron chi connectivity index (χ2n) is 5.91. The molecule has 0 heterocycles. The molecule has 3 aromatic carbocycles. The predicted octanol–water partition coefficient (Wildman–Crippen LogP) is 6.70. The molecular weight excluding hydrogens is 458 g/mol. The van der Waals surface area contributed by atoms with Gasteiger partial charge in [0.2, 0.25) is 0 Å². The molecule has 0 spiro atoms. The maximum Gasteiger partial charge on any atom is 0.255 e. The van der Waals surface area contributed by atoms with Crippen LogP contribution in [0.1, 0.15) is 33.2 Å². The van der Waals surface area contributed by atoms with E-state index in [9.17, 15) is 9.59 Å². The third-order valence-electron chi connectivity index (χ3n) is 4.02. The lowest BCUT2D eigenvalue weighted by Crippen LogP contribution is -2.15. The molecule has 0 aliphatic carbocycles. The number of ketones is 1. The summed E-state index contributed by atoms with van der Waals surface area (Å²) in [5, 5.41) is 3.21. The molecule has 0 radical (unpaired) electrons. The molecule has 0 fully saturated rings. The monoisotopic (exact) mass is 473 g/mol. The van der Waals surface area contributed by atoms with Gasteiger partial charge in [-0.15, -0.1) is 11.8 Å². The maximum absolute atomic E-state index is 13.0. The van der Waals surface area contributed by atoms with Crippen LogP contribution in [0.4, 0.5) is 5.69 Å². The van der Waals surface area contributed by atoms with Crippen molar-refractivity contribution in [3.05, 3.63) is 92.9 Å². The molecule has 6 heteroatoms. The minimum Gasteiger partial charge on any atom is -0.321 e. The first-order valence-electron chi connectivity index (χ1n) is 8.62. The van der Waals surface area contributed by atoms with Gasteiger partial charge in [0.1, 0.15) is 0 Å². The molecular formula is C22H17BrClNO2S. The summed E-state index contributed by atoms with van der Waals surface area (Å²) in [7, 11) is 0. The smallest absolute Gasteiger partial charge is 0.255 e. The lowest BCUT2D eigenvalue weighted by atomic mass is 10.0. The quantitative estimate of drug-likeness (QED) is 0.319. The summed E-state index contributed by atoms with van der Waals surface area (Å²) >= 11 is 11.3. The molecule has 0 aliphatic rings. The fourth-order valence-electron chi connectivity index (χ4n) is 2.67. The van der Waals surface area contributed by atoms with E-state index in [-0.39, 0.29) is 11.7 Å². The molecule has 0 bridgehead atoms. The summed E-state index contributed by atoms with van der Waals surface area (Å²) in [6.45, 7) is 2.08. The summed E-state index contributed by atoms with van der Waals surface area (Å²) in [5.41, 5.74) is 1.72. The first-order chi connectivity index (χ1) is 13.5. The highest BCUT2D eigenvalue weighted by molar-refractivity contribution is 9.10. The van der Waals surface area contributed by atoms with Crippen molar-refractivity contribution in [2.45, 2.75) is 11.8 Å². The van der Waals surface area contributed by atoms with E-state index in [0.717, 1.165) is 15.1 Å². The van der Waals surface area contributed by atoms with Crippen molar-refractivity contribution in [2.24, 2.45) is 0 Å². The Hall–Kier alpha value is -2.08. The van der Waals surface area contributed by atoms with Gasteiger partial charge in [0.25, 0.3) is 5.91 Å². The number of rotatable bonds is 6. The van der Waals surface area contributed by atoms with Gasteiger partial charge in [0.05, 0.1) is 10.7 Å². The Morgan fingerprint density at radius 3 is 2.39 bits per heavy atom. The van der Waals surface area contributed by atoms with Crippen LogP contribution in [-0.2, 0) is 0 Å². The van der Waals surface area contributed by atoms with Crippen molar-refractivity contribution in [2.75, 3.05) is 11.1 Å². The predicted molar refractivity (Wildman–Crippen MR) is 120 cm³/mol. The van der Waals surface area contributed by atoms with E-state index in [1.165, 1.54) is 0 Å². The van der Waals surface area contributed by atoms with Gasteiger partial charge in [0.15, 0.2) is 5.78 Å². The minimum absolute atomic E-state index is 0.253. The highest BCUT2D eigenvalue weighted by atomic mass is 79.9. The van der Waals surface area contributed by atoms with E-state index in [4.69, 9.17) is 11.6 Å². The summed E-state index contributed by atoms with van der Waals surface area (Å²) < 4.78 is 0.738. The molecule has 0 unspecified atom stereocenters. The summed E-state index contributed by atoms with van der Waals surface area (Å²) in [6, 6.07) is 19.4. The van der Waals surface area contributed by atoms with Gasteiger partial charge >= 0.3 is 0 Å². The highest BCUT2D eigenvalue weighted by Gasteiger charge is 2.18. The van der Waals surface area contributed by atoms with Crippen LogP contribution in [0.3, 0.4) is 0 Å².